The lowest BCUT2D eigenvalue weighted by Gasteiger charge is -2.51. The summed E-state index contributed by atoms with van der Waals surface area (Å²) >= 11 is 1.94. The molecule has 5 rings (SSSR count). The molecular weight excluding hydrogens is 369 g/mol. The summed E-state index contributed by atoms with van der Waals surface area (Å²) in [5.41, 5.74) is 2.42. The highest BCUT2D eigenvalue weighted by molar-refractivity contribution is 7.19. The molecule has 0 N–H and O–H groups in total. The molecule has 146 valence electrons. The van der Waals surface area contributed by atoms with Crippen LogP contribution in [0, 0.1) is 5.82 Å². The third kappa shape index (κ3) is 2.66. The van der Waals surface area contributed by atoms with E-state index in [4.69, 9.17) is 4.74 Å². The summed E-state index contributed by atoms with van der Waals surface area (Å²) in [6, 6.07) is 15.9. The SMILES string of the molecule is CN(C)C1(c2ccc(F)cc2)CCC2(CC1)OCCc1sc3ccccc3c12. The average molecular weight is 396 g/mol. The van der Waals surface area contributed by atoms with Crippen LogP contribution in [0.5, 0.6) is 0 Å². The first-order valence-electron chi connectivity index (χ1n) is 10.1. The molecule has 0 radical (unpaired) electrons. The largest absolute Gasteiger partial charge is 0.370 e. The van der Waals surface area contributed by atoms with Gasteiger partial charge in [0.15, 0.2) is 0 Å². The molecule has 3 aromatic rings. The Morgan fingerprint density at radius 2 is 1.68 bits per heavy atom. The highest BCUT2D eigenvalue weighted by Crippen LogP contribution is 2.54. The van der Waals surface area contributed by atoms with E-state index in [1.165, 1.54) is 26.1 Å². The molecule has 0 saturated heterocycles. The normalized spacial score (nSPS) is 27.4. The van der Waals surface area contributed by atoms with Gasteiger partial charge in [0.25, 0.3) is 0 Å². The molecule has 28 heavy (non-hydrogen) atoms. The average Bonchev–Trinajstić information content (AvgIpc) is 3.09. The molecule has 2 nitrogen and oxygen atoms in total. The summed E-state index contributed by atoms with van der Waals surface area (Å²) < 4.78 is 21.4. The zero-order valence-corrected chi connectivity index (χ0v) is 17.3. The monoisotopic (exact) mass is 395 g/mol. The summed E-state index contributed by atoms with van der Waals surface area (Å²) in [4.78, 5) is 3.83. The van der Waals surface area contributed by atoms with Crippen molar-refractivity contribution < 1.29 is 9.13 Å². The topological polar surface area (TPSA) is 12.5 Å². The second-order valence-electron chi connectivity index (χ2n) is 8.42. The van der Waals surface area contributed by atoms with E-state index >= 15 is 0 Å². The van der Waals surface area contributed by atoms with Crippen molar-refractivity contribution in [3.63, 3.8) is 0 Å². The van der Waals surface area contributed by atoms with Gasteiger partial charge in [0.05, 0.1) is 12.2 Å². The van der Waals surface area contributed by atoms with Gasteiger partial charge in [-0.3, -0.25) is 4.90 Å². The van der Waals surface area contributed by atoms with E-state index in [-0.39, 0.29) is 17.0 Å². The van der Waals surface area contributed by atoms with Crippen molar-refractivity contribution in [2.45, 2.75) is 43.2 Å². The van der Waals surface area contributed by atoms with Crippen LogP contribution < -0.4 is 0 Å². The molecule has 0 unspecified atom stereocenters. The molecule has 1 aliphatic carbocycles. The first kappa shape index (κ1) is 18.3. The van der Waals surface area contributed by atoms with E-state index in [0.29, 0.717) is 0 Å². The molecule has 2 aromatic carbocycles. The number of hydrogen-bond acceptors (Lipinski definition) is 3. The molecule has 2 heterocycles. The quantitative estimate of drug-likeness (QED) is 0.540. The van der Waals surface area contributed by atoms with Crippen LogP contribution in [-0.2, 0) is 22.3 Å². The Morgan fingerprint density at radius 3 is 2.39 bits per heavy atom. The van der Waals surface area contributed by atoms with Gasteiger partial charge in [-0.05, 0) is 68.9 Å². The number of ether oxygens (including phenoxy) is 1. The summed E-state index contributed by atoms with van der Waals surface area (Å²) in [5.74, 6) is -0.171. The summed E-state index contributed by atoms with van der Waals surface area (Å²) in [6.45, 7) is 0.811. The minimum absolute atomic E-state index is 0.0637. The Balaban J connectivity index is 1.54. The third-order valence-electron chi connectivity index (χ3n) is 6.95. The number of fused-ring (bicyclic) bond motifs is 4. The Kier molecular flexibility index (Phi) is 4.34. The molecule has 1 fully saturated rings. The molecule has 1 aromatic heterocycles. The van der Waals surface area contributed by atoms with Gasteiger partial charge in [-0.25, -0.2) is 4.39 Å². The van der Waals surface area contributed by atoms with Crippen molar-refractivity contribution in [1.82, 2.24) is 4.90 Å². The van der Waals surface area contributed by atoms with Gasteiger partial charge in [0, 0.05) is 27.1 Å². The van der Waals surface area contributed by atoms with Crippen LogP contribution in [0.3, 0.4) is 0 Å². The van der Waals surface area contributed by atoms with Gasteiger partial charge >= 0.3 is 0 Å². The highest BCUT2D eigenvalue weighted by atomic mass is 32.1. The van der Waals surface area contributed by atoms with Crippen LogP contribution >= 0.6 is 11.3 Å². The van der Waals surface area contributed by atoms with E-state index < -0.39 is 0 Å². The summed E-state index contributed by atoms with van der Waals surface area (Å²) in [5, 5.41) is 1.38. The number of nitrogens with zero attached hydrogens (tertiary/aromatic N) is 1. The minimum Gasteiger partial charge on any atom is -0.370 e. The van der Waals surface area contributed by atoms with Crippen molar-refractivity contribution in [2.75, 3.05) is 20.7 Å². The first-order valence-corrected chi connectivity index (χ1v) is 10.9. The second kappa shape index (κ2) is 6.65. The number of rotatable bonds is 2. The fraction of sp³-hybridized carbons (Fsp3) is 0.417. The van der Waals surface area contributed by atoms with Crippen molar-refractivity contribution in [1.29, 1.82) is 0 Å². The lowest BCUT2D eigenvalue weighted by molar-refractivity contribution is -0.109. The maximum absolute atomic E-state index is 13.5. The number of hydrogen-bond donors (Lipinski definition) is 0. The van der Waals surface area contributed by atoms with Gasteiger partial charge in [-0.1, -0.05) is 30.3 Å². The van der Waals surface area contributed by atoms with Gasteiger partial charge in [0.2, 0.25) is 0 Å². The third-order valence-corrected chi connectivity index (χ3v) is 8.18. The van der Waals surface area contributed by atoms with E-state index in [0.717, 1.165) is 38.7 Å². The van der Waals surface area contributed by atoms with Crippen molar-refractivity contribution in [3.8, 4) is 0 Å². The number of benzene rings is 2. The van der Waals surface area contributed by atoms with Crippen LogP contribution in [0.2, 0.25) is 0 Å². The highest BCUT2D eigenvalue weighted by Gasteiger charge is 2.49. The standard InChI is InChI=1S/C24H26FNOS/c1-26(2)23(17-7-9-18(25)10-8-17)12-14-24(15-13-23)22-19-5-3-4-6-20(19)28-21(22)11-16-27-24/h3-10H,11-16H2,1-2H3. The van der Waals surface area contributed by atoms with Crippen LogP contribution in [0.15, 0.2) is 48.5 Å². The van der Waals surface area contributed by atoms with Gasteiger partial charge < -0.3 is 4.74 Å². The number of thiophene rings is 1. The smallest absolute Gasteiger partial charge is 0.123 e. The first-order chi connectivity index (χ1) is 13.5. The zero-order valence-electron chi connectivity index (χ0n) is 16.5. The van der Waals surface area contributed by atoms with Gasteiger partial charge in [-0.15, -0.1) is 11.3 Å². The number of halogens is 1. The summed E-state index contributed by atoms with van der Waals surface area (Å²) in [7, 11) is 4.29. The molecule has 1 saturated carbocycles. The Labute approximate surface area is 169 Å². The van der Waals surface area contributed by atoms with Crippen LogP contribution in [0.1, 0.15) is 41.7 Å². The Bertz CT molecular complexity index is 999. The molecule has 2 aliphatic rings. The fourth-order valence-corrected chi connectivity index (χ4v) is 6.67. The zero-order chi connectivity index (χ0) is 19.4. The lowest BCUT2D eigenvalue weighted by atomic mass is 9.67. The van der Waals surface area contributed by atoms with Crippen LogP contribution in [0.4, 0.5) is 4.39 Å². The Morgan fingerprint density at radius 1 is 0.964 bits per heavy atom. The predicted molar refractivity (Wildman–Crippen MR) is 113 cm³/mol. The van der Waals surface area contributed by atoms with E-state index in [1.807, 2.05) is 23.5 Å². The second-order valence-corrected chi connectivity index (χ2v) is 9.56. The molecular formula is C24H26FNOS. The molecule has 0 bridgehead atoms. The van der Waals surface area contributed by atoms with E-state index in [9.17, 15) is 4.39 Å². The lowest BCUT2D eigenvalue weighted by Crippen LogP contribution is -2.49. The van der Waals surface area contributed by atoms with Crippen LogP contribution in [0.25, 0.3) is 10.1 Å². The van der Waals surface area contributed by atoms with Gasteiger partial charge in [0.1, 0.15) is 5.82 Å². The Hall–Kier alpha value is -1.75. The molecule has 1 spiro atoms. The van der Waals surface area contributed by atoms with Gasteiger partial charge in [-0.2, -0.15) is 0 Å². The van der Waals surface area contributed by atoms with E-state index in [1.54, 1.807) is 12.1 Å². The maximum atomic E-state index is 13.5. The van der Waals surface area contributed by atoms with Crippen molar-refractivity contribution in [2.24, 2.45) is 0 Å². The van der Waals surface area contributed by atoms with Crippen molar-refractivity contribution >= 4 is 21.4 Å². The predicted octanol–water partition coefficient (Wildman–Crippen LogP) is 5.84. The fourth-order valence-electron chi connectivity index (χ4n) is 5.40. The molecule has 0 amide bonds. The minimum atomic E-state index is -0.174. The molecule has 4 heteroatoms. The molecule has 1 aliphatic heterocycles. The van der Waals surface area contributed by atoms with Crippen LogP contribution in [-0.4, -0.2) is 25.6 Å². The van der Waals surface area contributed by atoms with Crippen molar-refractivity contribution in [3.05, 3.63) is 70.4 Å². The van der Waals surface area contributed by atoms with E-state index in [2.05, 4.69) is 43.3 Å². The molecule has 0 atom stereocenters. The summed E-state index contributed by atoms with van der Waals surface area (Å²) in [6.07, 6.45) is 5.03. The maximum Gasteiger partial charge on any atom is 0.123 e.